The first-order chi connectivity index (χ1) is 8.75. The lowest BCUT2D eigenvalue weighted by Crippen LogP contribution is -2.19. The van der Waals surface area contributed by atoms with Gasteiger partial charge in [0.05, 0.1) is 12.2 Å². The molecule has 0 amide bonds. The van der Waals surface area contributed by atoms with Gasteiger partial charge in [-0.15, -0.1) is 0 Å². The summed E-state index contributed by atoms with van der Waals surface area (Å²) in [6, 6.07) is 5.54. The van der Waals surface area contributed by atoms with Crippen LogP contribution in [-0.2, 0) is 7.05 Å². The molecule has 0 aliphatic carbocycles. The van der Waals surface area contributed by atoms with Gasteiger partial charge in [-0.3, -0.25) is 4.68 Å². The predicted octanol–water partition coefficient (Wildman–Crippen LogP) is 1.24. The van der Waals surface area contributed by atoms with Crippen molar-refractivity contribution >= 4 is 0 Å². The Morgan fingerprint density at radius 2 is 2.17 bits per heavy atom. The van der Waals surface area contributed by atoms with E-state index in [2.05, 4.69) is 5.10 Å². The third-order valence-corrected chi connectivity index (χ3v) is 3.02. The van der Waals surface area contributed by atoms with Crippen molar-refractivity contribution in [3.8, 4) is 11.5 Å². The van der Waals surface area contributed by atoms with Crippen LogP contribution in [0.4, 0.5) is 0 Å². The van der Waals surface area contributed by atoms with E-state index >= 15 is 0 Å². The van der Waals surface area contributed by atoms with Crippen molar-refractivity contribution in [3.05, 3.63) is 41.7 Å². The molecule has 0 saturated heterocycles. The highest BCUT2D eigenvalue weighted by Crippen LogP contribution is 2.37. The molecule has 94 valence electrons. The minimum Gasteiger partial charge on any atom is -0.486 e. The van der Waals surface area contributed by atoms with Crippen molar-refractivity contribution in [2.45, 2.75) is 6.04 Å². The first kappa shape index (κ1) is 11.1. The van der Waals surface area contributed by atoms with E-state index in [1.54, 1.807) is 10.9 Å². The van der Waals surface area contributed by atoms with Crippen LogP contribution < -0.4 is 15.2 Å². The molecule has 18 heavy (non-hydrogen) atoms. The van der Waals surface area contributed by atoms with Crippen LogP contribution in [0.25, 0.3) is 0 Å². The highest BCUT2D eigenvalue weighted by atomic mass is 16.6. The third kappa shape index (κ3) is 1.82. The SMILES string of the molecule is Cn1cc(C(N)c2cccc3c2OCCO3)cn1. The summed E-state index contributed by atoms with van der Waals surface area (Å²) in [6.45, 7) is 1.14. The fourth-order valence-electron chi connectivity index (χ4n) is 2.12. The first-order valence-corrected chi connectivity index (χ1v) is 5.88. The van der Waals surface area contributed by atoms with Gasteiger partial charge in [0, 0.05) is 24.4 Å². The Bertz CT molecular complexity index is 565. The summed E-state index contributed by atoms with van der Waals surface area (Å²) in [5, 5.41) is 4.14. The number of aromatic nitrogens is 2. The second kappa shape index (κ2) is 4.34. The standard InChI is InChI=1S/C13H15N3O2/c1-16-8-9(7-15-16)12(14)10-3-2-4-11-13(10)18-6-5-17-11/h2-4,7-8,12H,5-6,14H2,1H3. The zero-order valence-corrected chi connectivity index (χ0v) is 10.2. The maximum Gasteiger partial charge on any atom is 0.166 e. The van der Waals surface area contributed by atoms with E-state index in [1.165, 1.54) is 0 Å². The van der Waals surface area contributed by atoms with Gasteiger partial charge in [0.25, 0.3) is 0 Å². The van der Waals surface area contributed by atoms with Crippen molar-refractivity contribution in [2.24, 2.45) is 12.8 Å². The molecule has 3 rings (SSSR count). The Balaban J connectivity index is 2.01. The Kier molecular flexibility index (Phi) is 2.68. The molecule has 0 saturated carbocycles. The molecule has 5 heteroatoms. The largest absolute Gasteiger partial charge is 0.486 e. The highest BCUT2D eigenvalue weighted by Gasteiger charge is 2.21. The lowest BCUT2D eigenvalue weighted by molar-refractivity contribution is 0.169. The molecule has 0 spiro atoms. The second-order valence-electron chi connectivity index (χ2n) is 4.30. The van der Waals surface area contributed by atoms with E-state index in [4.69, 9.17) is 15.2 Å². The van der Waals surface area contributed by atoms with Gasteiger partial charge in [0.1, 0.15) is 13.2 Å². The molecule has 0 radical (unpaired) electrons. The fraction of sp³-hybridized carbons (Fsp3) is 0.308. The molecule has 2 heterocycles. The smallest absolute Gasteiger partial charge is 0.166 e. The highest BCUT2D eigenvalue weighted by molar-refractivity contribution is 5.50. The van der Waals surface area contributed by atoms with Crippen LogP contribution in [0.15, 0.2) is 30.6 Å². The number of aryl methyl sites for hydroxylation is 1. The molecule has 0 bridgehead atoms. The molecule has 1 atom stereocenters. The summed E-state index contributed by atoms with van der Waals surface area (Å²) < 4.78 is 13.0. The Morgan fingerprint density at radius 3 is 2.94 bits per heavy atom. The van der Waals surface area contributed by atoms with E-state index in [-0.39, 0.29) is 6.04 Å². The molecular formula is C13H15N3O2. The van der Waals surface area contributed by atoms with Gasteiger partial charge in [-0.1, -0.05) is 12.1 Å². The van der Waals surface area contributed by atoms with Crippen molar-refractivity contribution < 1.29 is 9.47 Å². The lowest BCUT2D eigenvalue weighted by Gasteiger charge is -2.23. The van der Waals surface area contributed by atoms with Crippen LogP contribution in [0.2, 0.25) is 0 Å². The number of para-hydroxylation sites is 1. The van der Waals surface area contributed by atoms with Crippen LogP contribution in [0.3, 0.4) is 0 Å². The zero-order chi connectivity index (χ0) is 12.5. The number of hydrogen-bond donors (Lipinski definition) is 1. The zero-order valence-electron chi connectivity index (χ0n) is 10.2. The van der Waals surface area contributed by atoms with Crippen LogP contribution in [-0.4, -0.2) is 23.0 Å². The molecule has 2 aromatic rings. The second-order valence-corrected chi connectivity index (χ2v) is 4.30. The van der Waals surface area contributed by atoms with E-state index in [0.29, 0.717) is 13.2 Å². The molecule has 1 aliphatic rings. The van der Waals surface area contributed by atoms with Gasteiger partial charge in [0.15, 0.2) is 11.5 Å². The average Bonchev–Trinajstić information content (AvgIpc) is 2.84. The van der Waals surface area contributed by atoms with Crippen LogP contribution in [0.1, 0.15) is 17.2 Å². The monoisotopic (exact) mass is 245 g/mol. The molecular weight excluding hydrogens is 230 g/mol. The summed E-state index contributed by atoms with van der Waals surface area (Å²) in [5.74, 6) is 1.51. The first-order valence-electron chi connectivity index (χ1n) is 5.88. The number of hydrogen-bond acceptors (Lipinski definition) is 4. The maximum atomic E-state index is 6.26. The minimum absolute atomic E-state index is 0.254. The van der Waals surface area contributed by atoms with Crippen molar-refractivity contribution in [3.63, 3.8) is 0 Å². The Labute approximate surface area is 105 Å². The normalized spacial score (nSPS) is 15.4. The summed E-state index contributed by atoms with van der Waals surface area (Å²) in [4.78, 5) is 0. The Hall–Kier alpha value is -2.01. The topological polar surface area (TPSA) is 62.3 Å². The van der Waals surface area contributed by atoms with Crippen LogP contribution in [0.5, 0.6) is 11.5 Å². The molecule has 5 nitrogen and oxygen atoms in total. The van der Waals surface area contributed by atoms with Gasteiger partial charge in [-0.25, -0.2) is 0 Å². The van der Waals surface area contributed by atoms with E-state index in [1.807, 2.05) is 31.4 Å². The van der Waals surface area contributed by atoms with Gasteiger partial charge in [0.2, 0.25) is 0 Å². The number of nitrogens with two attached hydrogens (primary N) is 1. The minimum atomic E-state index is -0.254. The third-order valence-electron chi connectivity index (χ3n) is 3.02. The van der Waals surface area contributed by atoms with E-state index in [0.717, 1.165) is 22.6 Å². The number of rotatable bonds is 2. The summed E-state index contributed by atoms with van der Waals surface area (Å²) in [6.07, 6.45) is 3.68. The molecule has 0 fully saturated rings. The van der Waals surface area contributed by atoms with Crippen molar-refractivity contribution in [1.29, 1.82) is 0 Å². The summed E-state index contributed by atoms with van der Waals surface area (Å²) in [5.41, 5.74) is 8.15. The number of benzene rings is 1. The quantitative estimate of drug-likeness (QED) is 0.864. The lowest BCUT2D eigenvalue weighted by atomic mass is 10.0. The van der Waals surface area contributed by atoms with Gasteiger partial charge in [-0.05, 0) is 6.07 Å². The molecule has 1 aromatic carbocycles. The molecule has 2 N–H and O–H groups in total. The number of ether oxygens (including phenoxy) is 2. The fourth-order valence-corrected chi connectivity index (χ4v) is 2.12. The Morgan fingerprint density at radius 1 is 1.33 bits per heavy atom. The van der Waals surface area contributed by atoms with Crippen LogP contribution in [0, 0.1) is 0 Å². The molecule has 1 aromatic heterocycles. The van der Waals surface area contributed by atoms with Gasteiger partial charge in [-0.2, -0.15) is 5.10 Å². The summed E-state index contributed by atoms with van der Waals surface area (Å²) in [7, 11) is 1.87. The van der Waals surface area contributed by atoms with E-state index in [9.17, 15) is 0 Å². The maximum absolute atomic E-state index is 6.26. The van der Waals surface area contributed by atoms with Crippen LogP contribution >= 0.6 is 0 Å². The average molecular weight is 245 g/mol. The van der Waals surface area contributed by atoms with Gasteiger partial charge >= 0.3 is 0 Å². The summed E-state index contributed by atoms with van der Waals surface area (Å²) >= 11 is 0. The molecule has 1 unspecified atom stereocenters. The van der Waals surface area contributed by atoms with Crippen molar-refractivity contribution in [2.75, 3.05) is 13.2 Å². The number of nitrogens with zero attached hydrogens (tertiary/aromatic N) is 2. The van der Waals surface area contributed by atoms with Crippen molar-refractivity contribution in [1.82, 2.24) is 9.78 Å². The number of fused-ring (bicyclic) bond motifs is 1. The van der Waals surface area contributed by atoms with Gasteiger partial charge < -0.3 is 15.2 Å². The van der Waals surface area contributed by atoms with E-state index < -0.39 is 0 Å². The molecule has 1 aliphatic heterocycles. The predicted molar refractivity (Wildman–Crippen MR) is 66.7 cm³/mol.